The van der Waals surface area contributed by atoms with E-state index in [4.69, 9.17) is 8.83 Å². The third-order valence-corrected chi connectivity index (χ3v) is 11.8. The van der Waals surface area contributed by atoms with Crippen LogP contribution in [0.1, 0.15) is 0 Å². The zero-order valence-corrected chi connectivity index (χ0v) is 32.0. The van der Waals surface area contributed by atoms with Gasteiger partial charge in [0.25, 0.3) is 0 Å². The lowest BCUT2D eigenvalue weighted by Gasteiger charge is -2.26. The molecular weight excluding hydrogens is 719 g/mol. The molecule has 0 aliphatic carbocycles. The van der Waals surface area contributed by atoms with Crippen LogP contribution >= 0.6 is 0 Å². The van der Waals surface area contributed by atoms with Crippen LogP contribution in [0.4, 0.5) is 17.1 Å². The quantitative estimate of drug-likeness (QED) is 0.158. The van der Waals surface area contributed by atoms with E-state index in [2.05, 4.69) is 193 Å². The molecule has 0 radical (unpaired) electrons. The Bertz CT molecular complexity index is 3460. The van der Waals surface area contributed by atoms with Crippen molar-refractivity contribution in [3.63, 3.8) is 0 Å². The van der Waals surface area contributed by atoms with Gasteiger partial charge in [-0.25, -0.2) is 0 Å². The van der Waals surface area contributed by atoms with Crippen LogP contribution in [0, 0.1) is 0 Å². The van der Waals surface area contributed by atoms with E-state index < -0.39 is 0 Å². The molecule has 0 aliphatic heterocycles. The Labute approximate surface area is 340 Å². The molecule has 2 heterocycles. The minimum atomic E-state index is 0.825. The van der Waals surface area contributed by atoms with Crippen molar-refractivity contribution < 1.29 is 8.83 Å². The summed E-state index contributed by atoms with van der Waals surface area (Å²) >= 11 is 0. The van der Waals surface area contributed by atoms with Crippen molar-refractivity contribution in [2.75, 3.05) is 4.90 Å². The fraction of sp³-hybridized carbons (Fsp3) is 0. The Hall–Kier alpha value is -7.88. The van der Waals surface area contributed by atoms with E-state index in [0.29, 0.717) is 0 Å². The molecule has 12 rings (SSSR count). The summed E-state index contributed by atoms with van der Waals surface area (Å²) < 4.78 is 13.4. The molecule has 0 saturated heterocycles. The molecule has 0 saturated carbocycles. The van der Waals surface area contributed by atoms with E-state index >= 15 is 0 Å². The summed E-state index contributed by atoms with van der Waals surface area (Å²) in [4.78, 5) is 2.30. The van der Waals surface area contributed by atoms with Gasteiger partial charge >= 0.3 is 0 Å². The molecule has 0 atom stereocenters. The fourth-order valence-electron chi connectivity index (χ4n) is 9.25. The predicted molar refractivity (Wildman–Crippen MR) is 247 cm³/mol. The Morgan fingerprint density at radius 1 is 0.271 bits per heavy atom. The highest BCUT2D eigenvalue weighted by Gasteiger charge is 2.24. The minimum Gasteiger partial charge on any atom is -0.454 e. The summed E-state index contributed by atoms with van der Waals surface area (Å²) in [6.45, 7) is 0. The summed E-state index contributed by atoms with van der Waals surface area (Å²) in [5, 5.41) is 9.31. The summed E-state index contributed by atoms with van der Waals surface area (Å²) in [5.41, 5.74) is 13.3. The SMILES string of the molecule is c1ccc(-c2c(-c3cccc(-c4cccc(N(c5cccc6c5oc5ccccc56)c5cccc6c5oc5ccccc56)c4)c3)c3ccccc3c3ccccc23)cc1. The van der Waals surface area contributed by atoms with Crippen molar-refractivity contribution in [1.82, 2.24) is 0 Å². The topological polar surface area (TPSA) is 29.5 Å². The number of para-hydroxylation sites is 4. The van der Waals surface area contributed by atoms with Gasteiger partial charge in [0.1, 0.15) is 11.2 Å². The van der Waals surface area contributed by atoms with Gasteiger partial charge in [0.05, 0.1) is 11.4 Å². The molecule has 0 aliphatic rings. The normalized spacial score (nSPS) is 11.7. The zero-order chi connectivity index (χ0) is 38.9. The molecule has 0 amide bonds. The van der Waals surface area contributed by atoms with Crippen molar-refractivity contribution in [2.45, 2.75) is 0 Å². The van der Waals surface area contributed by atoms with E-state index in [1.54, 1.807) is 0 Å². The van der Waals surface area contributed by atoms with Gasteiger partial charge in [-0.2, -0.15) is 0 Å². The van der Waals surface area contributed by atoms with E-state index in [9.17, 15) is 0 Å². The Morgan fingerprint density at radius 3 is 1.27 bits per heavy atom. The second-order valence-corrected chi connectivity index (χ2v) is 15.2. The number of nitrogens with zero attached hydrogens (tertiary/aromatic N) is 1. The first-order valence-electron chi connectivity index (χ1n) is 20.1. The molecular formula is C56H35NO2. The first kappa shape index (κ1) is 33.3. The van der Waals surface area contributed by atoms with Crippen LogP contribution in [0.2, 0.25) is 0 Å². The summed E-state index contributed by atoms with van der Waals surface area (Å²) in [6.07, 6.45) is 0. The molecule has 3 heteroatoms. The molecule has 59 heavy (non-hydrogen) atoms. The Balaban J connectivity index is 1.08. The van der Waals surface area contributed by atoms with Gasteiger partial charge in [0.2, 0.25) is 0 Å². The average molecular weight is 754 g/mol. The molecule has 0 unspecified atom stereocenters. The van der Waals surface area contributed by atoms with Crippen molar-refractivity contribution >= 4 is 82.5 Å². The standard InChI is InChI=1S/C56H35NO2/c1-2-16-36(17-3-1)53-45-26-6-4-22-41(45)42-23-5-7-27-46(42)54(53)39-20-12-18-37(34-39)38-19-13-21-40(35-38)57(49-30-14-28-47-43-24-8-10-32-51(43)58-55(47)49)50-31-15-29-48-44-25-9-11-33-52(44)59-56(48)50/h1-35H. The Morgan fingerprint density at radius 2 is 0.678 bits per heavy atom. The third-order valence-electron chi connectivity index (χ3n) is 11.8. The van der Waals surface area contributed by atoms with Crippen molar-refractivity contribution in [2.24, 2.45) is 0 Å². The van der Waals surface area contributed by atoms with Crippen molar-refractivity contribution in [1.29, 1.82) is 0 Å². The van der Waals surface area contributed by atoms with Crippen LogP contribution in [-0.4, -0.2) is 0 Å². The van der Waals surface area contributed by atoms with Crippen molar-refractivity contribution in [3.05, 3.63) is 212 Å². The first-order valence-corrected chi connectivity index (χ1v) is 20.1. The van der Waals surface area contributed by atoms with Gasteiger partial charge in [-0.15, -0.1) is 0 Å². The zero-order valence-electron chi connectivity index (χ0n) is 32.0. The van der Waals surface area contributed by atoms with Gasteiger partial charge < -0.3 is 13.7 Å². The summed E-state index contributed by atoms with van der Waals surface area (Å²) in [7, 11) is 0. The van der Waals surface area contributed by atoms with Crippen LogP contribution < -0.4 is 4.90 Å². The van der Waals surface area contributed by atoms with E-state index in [1.807, 2.05) is 24.3 Å². The van der Waals surface area contributed by atoms with Gasteiger partial charge in [-0.05, 0) is 97.4 Å². The smallest absolute Gasteiger partial charge is 0.159 e. The maximum atomic E-state index is 6.70. The summed E-state index contributed by atoms with van der Waals surface area (Å²) in [6, 6.07) is 75.7. The van der Waals surface area contributed by atoms with Crippen LogP contribution in [0.5, 0.6) is 0 Å². The van der Waals surface area contributed by atoms with E-state index in [0.717, 1.165) is 72.1 Å². The fourth-order valence-corrected chi connectivity index (χ4v) is 9.25. The molecule has 2 aromatic heterocycles. The molecule has 0 N–H and O–H groups in total. The number of hydrogen-bond donors (Lipinski definition) is 0. The number of anilines is 3. The van der Waals surface area contributed by atoms with Crippen LogP contribution in [0.25, 0.3) is 98.8 Å². The van der Waals surface area contributed by atoms with Gasteiger partial charge in [0, 0.05) is 27.2 Å². The molecule has 0 spiro atoms. The molecule has 3 nitrogen and oxygen atoms in total. The molecule has 0 bridgehead atoms. The molecule has 10 aromatic carbocycles. The maximum absolute atomic E-state index is 6.70. The van der Waals surface area contributed by atoms with E-state index in [1.165, 1.54) is 43.8 Å². The molecule has 276 valence electrons. The number of benzene rings is 10. The lowest BCUT2D eigenvalue weighted by molar-refractivity contribution is 0.666. The highest BCUT2D eigenvalue weighted by Crippen LogP contribution is 2.48. The lowest BCUT2D eigenvalue weighted by atomic mass is 9.84. The number of rotatable bonds is 6. The molecule has 0 fully saturated rings. The van der Waals surface area contributed by atoms with Gasteiger partial charge in [-0.3, -0.25) is 0 Å². The average Bonchev–Trinajstić information content (AvgIpc) is 3.89. The largest absolute Gasteiger partial charge is 0.454 e. The monoisotopic (exact) mass is 753 g/mol. The molecule has 12 aromatic rings. The van der Waals surface area contributed by atoms with Gasteiger partial charge in [0.15, 0.2) is 11.2 Å². The Kier molecular flexibility index (Phi) is 7.54. The van der Waals surface area contributed by atoms with Crippen LogP contribution in [-0.2, 0) is 0 Å². The third kappa shape index (κ3) is 5.29. The second-order valence-electron chi connectivity index (χ2n) is 15.2. The lowest BCUT2D eigenvalue weighted by Crippen LogP contribution is -2.10. The predicted octanol–water partition coefficient (Wildman–Crippen LogP) is 16.3. The second kappa shape index (κ2) is 13.4. The maximum Gasteiger partial charge on any atom is 0.159 e. The minimum absolute atomic E-state index is 0.825. The highest BCUT2D eigenvalue weighted by atomic mass is 16.3. The number of hydrogen-bond acceptors (Lipinski definition) is 3. The summed E-state index contributed by atoms with van der Waals surface area (Å²) in [5.74, 6) is 0. The highest BCUT2D eigenvalue weighted by molar-refractivity contribution is 6.22. The van der Waals surface area contributed by atoms with E-state index in [-0.39, 0.29) is 0 Å². The number of furan rings is 2. The number of fused-ring (bicyclic) bond motifs is 9. The van der Waals surface area contributed by atoms with Gasteiger partial charge in [-0.1, -0.05) is 170 Å². The first-order chi connectivity index (χ1) is 29.3. The van der Waals surface area contributed by atoms with Crippen LogP contribution in [0.15, 0.2) is 221 Å². The van der Waals surface area contributed by atoms with Crippen molar-refractivity contribution in [3.8, 4) is 33.4 Å². The van der Waals surface area contributed by atoms with Crippen LogP contribution in [0.3, 0.4) is 0 Å².